The van der Waals surface area contributed by atoms with Gasteiger partial charge in [-0.25, -0.2) is 4.79 Å². The van der Waals surface area contributed by atoms with Gasteiger partial charge in [-0.3, -0.25) is 4.79 Å². The van der Waals surface area contributed by atoms with Crippen molar-refractivity contribution < 1.29 is 45.4 Å². The SMILES string of the molecule is COC(=O)Oc1ccc(Cl)cc1C(=O)Nc1cc(C(F)(F)F)cc(C(F)(F)F)c1. The summed E-state index contributed by atoms with van der Waals surface area (Å²) in [5.41, 5.74) is -4.42. The van der Waals surface area contributed by atoms with E-state index in [1.54, 1.807) is 0 Å². The van der Waals surface area contributed by atoms with Gasteiger partial charge < -0.3 is 14.8 Å². The largest absolute Gasteiger partial charge is 0.513 e. The molecule has 2 aromatic carbocycles. The molecule has 0 heterocycles. The number of ether oxygens (including phenoxy) is 2. The number of carbonyl (C=O) groups is 2. The topological polar surface area (TPSA) is 64.6 Å². The molecule has 2 aromatic rings. The molecule has 5 nitrogen and oxygen atoms in total. The van der Waals surface area contributed by atoms with E-state index in [2.05, 4.69) is 4.74 Å². The molecule has 0 bridgehead atoms. The van der Waals surface area contributed by atoms with Crippen molar-refractivity contribution in [2.45, 2.75) is 12.4 Å². The van der Waals surface area contributed by atoms with Gasteiger partial charge in [0, 0.05) is 10.7 Å². The maximum absolute atomic E-state index is 12.9. The quantitative estimate of drug-likeness (QED) is 0.373. The first-order chi connectivity index (χ1) is 13.3. The van der Waals surface area contributed by atoms with Crippen LogP contribution in [0.4, 0.5) is 36.8 Å². The number of benzene rings is 2. The second-order valence-electron chi connectivity index (χ2n) is 5.45. The molecule has 1 amide bonds. The minimum absolute atomic E-state index is 0.00705. The number of amides is 1. The molecule has 0 aliphatic heterocycles. The van der Waals surface area contributed by atoms with Crippen LogP contribution >= 0.6 is 11.6 Å². The summed E-state index contributed by atoms with van der Waals surface area (Å²) in [5, 5.41) is 1.91. The van der Waals surface area contributed by atoms with E-state index in [-0.39, 0.29) is 16.8 Å². The van der Waals surface area contributed by atoms with Crippen LogP contribution in [0.1, 0.15) is 21.5 Å². The van der Waals surface area contributed by atoms with E-state index in [0.717, 1.165) is 19.2 Å². The predicted octanol–water partition coefficient (Wildman–Crippen LogP) is 5.78. The molecular formula is C17H10ClF6NO4. The number of carbonyl (C=O) groups excluding carboxylic acids is 2. The Hall–Kier alpha value is -2.95. The standard InChI is InChI=1S/C17H10ClF6NO4/c1-28-15(27)29-13-3-2-10(18)7-12(13)14(26)25-11-5-8(16(19,20)21)4-9(6-11)17(22,23)24/h2-7H,1H3,(H,25,26). The lowest BCUT2D eigenvalue weighted by molar-refractivity contribution is -0.143. The predicted molar refractivity (Wildman–Crippen MR) is 88.9 cm³/mol. The molecule has 0 aliphatic carbocycles. The Morgan fingerprint density at radius 2 is 1.48 bits per heavy atom. The van der Waals surface area contributed by atoms with Crippen LogP contribution < -0.4 is 10.1 Å². The fourth-order valence-electron chi connectivity index (χ4n) is 2.13. The number of halogens is 7. The molecule has 0 fully saturated rings. The Labute approximate surface area is 164 Å². The number of hydrogen-bond acceptors (Lipinski definition) is 4. The highest BCUT2D eigenvalue weighted by atomic mass is 35.5. The molecule has 29 heavy (non-hydrogen) atoms. The molecule has 2 rings (SSSR count). The molecule has 0 radical (unpaired) electrons. The van der Waals surface area contributed by atoms with Gasteiger partial charge in [0.15, 0.2) is 0 Å². The summed E-state index contributed by atoms with van der Waals surface area (Å²) >= 11 is 5.76. The van der Waals surface area contributed by atoms with Crippen molar-refractivity contribution in [1.82, 2.24) is 0 Å². The summed E-state index contributed by atoms with van der Waals surface area (Å²) in [6, 6.07) is 3.93. The van der Waals surface area contributed by atoms with E-state index < -0.39 is 46.8 Å². The molecule has 0 unspecified atom stereocenters. The third-order valence-electron chi connectivity index (χ3n) is 3.39. The van der Waals surface area contributed by atoms with Crippen molar-refractivity contribution in [3.05, 3.63) is 58.1 Å². The van der Waals surface area contributed by atoms with Gasteiger partial charge in [0.25, 0.3) is 5.91 Å². The fourth-order valence-corrected chi connectivity index (χ4v) is 2.30. The normalized spacial score (nSPS) is 11.7. The molecule has 1 N–H and O–H groups in total. The van der Waals surface area contributed by atoms with E-state index in [1.807, 2.05) is 5.32 Å². The van der Waals surface area contributed by atoms with E-state index in [0.29, 0.717) is 12.1 Å². The highest BCUT2D eigenvalue weighted by Gasteiger charge is 2.37. The zero-order chi connectivity index (χ0) is 22.0. The first-order valence-electron chi connectivity index (χ1n) is 7.47. The summed E-state index contributed by atoms with van der Waals surface area (Å²) in [6.45, 7) is 0. The number of rotatable bonds is 3. The van der Waals surface area contributed by atoms with Gasteiger partial charge in [0.1, 0.15) is 5.75 Å². The Morgan fingerprint density at radius 1 is 0.931 bits per heavy atom. The number of nitrogens with one attached hydrogen (secondary N) is 1. The second kappa shape index (κ2) is 8.19. The second-order valence-corrected chi connectivity index (χ2v) is 5.88. The Balaban J connectivity index is 2.45. The molecule has 12 heteroatoms. The van der Waals surface area contributed by atoms with Crippen LogP contribution in [0, 0.1) is 0 Å². The lowest BCUT2D eigenvalue weighted by atomic mass is 10.1. The zero-order valence-corrected chi connectivity index (χ0v) is 15.0. The smallest absolute Gasteiger partial charge is 0.437 e. The molecular weight excluding hydrogens is 432 g/mol. The molecule has 156 valence electrons. The highest BCUT2D eigenvalue weighted by Crippen LogP contribution is 2.37. The van der Waals surface area contributed by atoms with E-state index in [4.69, 9.17) is 16.3 Å². The van der Waals surface area contributed by atoms with Crippen LogP contribution in [0.5, 0.6) is 5.75 Å². The summed E-state index contributed by atoms with van der Waals surface area (Å²) < 4.78 is 86.6. The zero-order valence-electron chi connectivity index (χ0n) is 14.2. The van der Waals surface area contributed by atoms with Crippen LogP contribution in [-0.4, -0.2) is 19.2 Å². The van der Waals surface area contributed by atoms with Gasteiger partial charge in [0.2, 0.25) is 0 Å². The molecule has 0 spiro atoms. The Morgan fingerprint density at radius 3 is 1.97 bits per heavy atom. The van der Waals surface area contributed by atoms with Gasteiger partial charge in [-0.15, -0.1) is 0 Å². The molecule has 0 saturated carbocycles. The van der Waals surface area contributed by atoms with Gasteiger partial charge in [-0.2, -0.15) is 26.3 Å². The first kappa shape index (κ1) is 22.3. The lowest BCUT2D eigenvalue weighted by Crippen LogP contribution is -2.18. The Kier molecular flexibility index (Phi) is 6.31. The Bertz CT molecular complexity index is 910. The van der Waals surface area contributed by atoms with E-state index in [9.17, 15) is 35.9 Å². The maximum atomic E-state index is 12.9. The lowest BCUT2D eigenvalue weighted by Gasteiger charge is -2.15. The molecule has 0 aromatic heterocycles. The average Bonchev–Trinajstić information content (AvgIpc) is 2.61. The maximum Gasteiger partial charge on any atom is 0.513 e. The summed E-state index contributed by atoms with van der Waals surface area (Å²) in [5.74, 6) is -1.54. The van der Waals surface area contributed by atoms with Crippen LogP contribution in [0.2, 0.25) is 5.02 Å². The summed E-state index contributed by atoms with van der Waals surface area (Å²) in [6.07, 6.45) is -11.4. The molecule has 0 saturated heterocycles. The monoisotopic (exact) mass is 441 g/mol. The van der Waals surface area contributed by atoms with Crippen molar-refractivity contribution in [3.63, 3.8) is 0 Å². The van der Waals surface area contributed by atoms with Crippen molar-refractivity contribution in [1.29, 1.82) is 0 Å². The molecule has 0 aliphatic rings. The average molecular weight is 442 g/mol. The fraction of sp³-hybridized carbons (Fsp3) is 0.176. The van der Waals surface area contributed by atoms with Crippen LogP contribution in [0.15, 0.2) is 36.4 Å². The molecule has 0 atom stereocenters. The third-order valence-corrected chi connectivity index (χ3v) is 3.63. The van der Waals surface area contributed by atoms with Crippen molar-refractivity contribution in [2.75, 3.05) is 12.4 Å². The third kappa shape index (κ3) is 5.76. The van der Waals surface area contributed by atoms with E-state index >= 15 is 0 Å². The minimum Gasteiger partial charge on any atom is -0.437 e. The minimum atomic E-state index is -5.09. The highest BCUT2D eigenvalue weighted by molar-refractivity contribution is 6.31. The number of methoxy groups -OCH3 is 1. The number of alkyl halides is 6. The van der Waals surface area contributed by atoms with Crippen LogP contribution in [-0.2, 0) is 17.1 Å². The van der Waals surface area contributed by atoms with Crippen molar-refractivity contribution >= 4 is 29.4 Å². The van der Waals surface area contributed by atoms with Crippen molar-refractivity contribution in [2.24, 2.45) is 0 Å². The number of anilines is 1. The van der Waals surface area contributed by atoms with Gasteiger partial charge in [-0.05, 0) is 36.4 Å². The van der Waals surface area contributed by atoms with Crippen LogP contribution in [0.3, 0.4) is 0 Å². The first-order valence-corrected chi connectivity index (χ1v) is 7.85. The summed E-state index contributed by atoms with van der Waals surface area (Å²) in [4.78, 5) is 23.7. The van der Waals surface area contributed by atoms with Gasteiger partial charge in [-0.1, -0.05) is 11.6 Å². The van der Waals surface area contributed by atoms with Gasteiger partial charge in [0.05, 0.1) is 23.8 Å². The van der Waals surface area contributed by atoms with Gasteiger partial charge >= 0.3 is 18.5 Å². The summed E-state index contributed by atoms with van der Waals surface area (Å²) in [7, 11) is 0.985. The van der Waals surface area contributed by atoms with Crippen molar-refractivity contribution in [3.8, 4) is 5.75 Å². The van der Waals surface area contributed by atoms with E-state index in [1.165, 1.54) is 6.07 Å². The van der Waals surface area contributed by atoms with Crippen LogP contribution in [0.25, 0.3) is 0 Å². The number of hydrogen-bond donors (Lipinski definition) is 1.